The Hall–Kier alpha value is -2.69. The maximum atomic E-state index is 12.4. The predicted molar refractivity (Wildman–Crippen MR) is 96.6 cm³/mol. The van der Waals surface area contributed by atoms with Crippen molar-refractivity contribution >= 4 is 17.9 Å². The van der Waals surface area contributed by atoms with Crippen LogP contribution in [0, 0.1) is 0 Å². The molecule has 0 radical (unpaired) electrons. The lowest BCUT2D eigenvalue weighted by Gasteiger charge is -2.14. The average molecular weight is 328 g/mol. The van der Waals surface area contributed by atoms with Gasteiger partial charge in [-0.15, -0.1) is 0 Å². The van der Waals surface area contributed by atoms with Gasteiger partial charge in [0.05, 0.1) is 12.6 Å². The van der Waals surface area contributed by atoms with Gasteiger partial charge in [-0.3, -0.25) is 4.79 Å². The second kappa shape index (κ2) is 10.2. The zero-order valence-electron chi connectivity index (χ0n) is 14.2. The smallest absolute Gasteiger partial charge is 0.248 e. The number of nitrogens with one attached hydrogen (secondary N) is 1. The topological polar surface area (TPSA) is 67.8 Å². The summed E-state index contributed by atoms with van der Waals surface area (Å²) >= 11 is 0. The normalized spacial score (nSPS) is 28.6. The van der Waals surface area contributed by atoms with Crippen LogP contribution in [0.5, 0.6) is 0 Å². The Morgan fingerprint density at radius 2 is 2.08 bits per heavy atom. The van der Waals surface area contributed by atoms with Crippen molar-refractivity contribution in [3.05, 3.63) is 60.6 Å². The van der Waals surface area contributed by atoms with Crippen molar-refractivity contribution in [1.29, 1.82) is 0 Å². The van der Waals surface area contributed by atoms with Gasteiger partial charge in [0.25, 0.3) is 0 Å². The van der Waals surface area contributed by atoms with Crippen LogP contribution < -0.4 is 5.32 Å². The summed E-state index contributed by atoms with van der Waals surface area (Å²) in [5.74, 6) is 0.100. The van der Waals surface area contributed by atoms with Gasteiger partial charge >= 0.3 is 0 Å². The highest BCUT2D eigenvalue weighted by Crippen LogP contribution is 2.13. The number of aliphatic imine (C=N–C) groups is 1. The minimum absolute atomic E-state index is 0.322. The zero-order chi connectivity index (χ0) is 17.9. The van der Waals surface area contributed by atoms with Crippen LogP contribution in [0.15, 0.2) is 65.6 Å². The Bertz CT molecular complexity index is 625. The number of carbonyl (C=O) groups is 2. The van der Waals surface area contributed by atoms with Crippen molar-refractivity contribution in [2.45, 2.75) is 32.7 Å². The van der Waals surface area contributed by atoms with E-state index in [1.807, 2.05) is 12.2 Å². The monoisotopic (exact) mass is 328 g/mol. The van der Waals surface area contributed by atoms with Crippen molar-refractivity contribution < 1.29 is 14.3 Å². The van der Waals surface area contributed by atoms with Crippen LogP contribution >= 0.6 is 0 Å². The van der Waals surface area contributed by atoms with Crippen molar-refractivity contribution in [2.75, 3.05) is 6.61 Å². The van der Waals surface area contributed by atoms with Crippen molar-refractivity contribution in [3.63, 3.8) is 0 Å². The molecular weight excluding hydrogens is 304 g/mol. The van der Waals surface area contributed by atoms with E-state index in [-0.39, 0.29) is 5.91 Å². The first-order valence-corrected chi connectivity index (χ1v) is 7.79. The van der Waals surface area contributed by atoms with E-state index < -0.39 is 6.04 Å². The van der Waals surface area contributed by atoms with Crippen LogP contribution in [0.1, 0.15) is 26.7 Å². The molecule has 1 atom stereocenters. The fraction of sp³-hybridized carbons (Fsp3) is 0.316. The molecule has 0 saturated heterocycles. The van der Waals surface area contributed by atoms with Crippen LogP contribution in [0.3, 0.4) is 0 Å². The molecule has 24 heavy (non-hydrogen) atoms. The van der Waals surface area contributed by atoms with Crippen molar-refractivity contribution in [1.82, 2.24) is 5.32 Å². The summed E-state index contributed by atoms with van der Waals surface area (Å²) in [5, 5.41) is 2.71. The highest BCUT2D eigenvalue weighted by Gasteiger charge is 2.15. The number of amides is 1. The highest BCUT2D eigenvalue weighted by molar-refractivity contribution is 6.09. The van der Waals surface area contributed by atoms with Gasteiger partial charge in [-0.25, -0.2) is 4.99 Å². The van der Waals surface area contributed by atoms with Gasteiger partial charge in [0, 0.05) is 16.9 Å². The molecule has 1 aliphatic heterocycles. The number of carbonyl (C=O) groups excluding carboxylic acids is 2. The number of rotatable bonds is 3. The second-order valence-electron chi connectivity index (χ2n) is 5.24. The Morgan fingerprint density at radius 3 is 2.71 bits per heavy atom. The number of nitrogens with zero attached hydrogens (tertiary/aromatic N) is 1. The predicted octanol–water partition coefficient (Wildman–Crippen LogP) is 3.03. The maximum Gasteiger partial charge on any atom is 0.248 e. The molecule has 1 aliphatic rings. The molecule has 5 nitrogen and oxygen atoms in total. The third-order valence-electron chi connectivity index (χ3n) is 3.45. The summed E-state index contributed by atoms with van der Waals surface area (Å²) in [5.41, 5.74) is 1.64. The molecule has 0 aromatic rings. The Labute approximate surface area is 143 Å². The lowest BCUT2D eigenvalue weighted by molar-refractivity contribution is -0.120. The van der Waals surface area contributed by atoms with E-state index in [0.29, 0.717) is 42.2 Å². The largest absolute Gasteiger partial charge is 0.477 e. The Kier molecular flexibility index (Phi) is 8.19. The second-order valence-corrected chi connectivity index (χ2v) is 5.24. The highest BCUT2D eigenvalue weighted by atomic mass is 16.5. The molecular formula is C19H24N2O3. The van der Waals surface area contributed by atoms with E-state index in [1.54, 1.807) is 32.1 Å². The fourth-order valence-corrected chi connectivity index (χ4v) is 2.16. The van der Waals surface area contributed by atoms with Gasteiger partial charge in [0.2, 0.25) is 11.8 Å². The first kappa shape index (κ1) is 19.4. The van der Waals surface area contributed by atoms with E-state index in [0.717, 1.165) is 6.29 Å². The lowest BCUT2D eigenvalue weighted by Crippen LogP contribution is -2.36. The zero-order valence-corrected chi connectivity index (χ0v) is 14.2. The van der Waals surface area contributed by atoms with E-state index in [2.05, 4.69) is 23.5 Å². The van der Waals surface area contributed by atoms with Crippen LogP contribution in [-0.4, -0.2) is 30.6 Å². The molecule has 5 heteroatoms. The molecule has 0 aliphatic carbocycles. The van der Waals surface area contributed by atoms with E-state index >= 15 is 0 Å². The number of allylic oxidation sites excluding steroid dienone is 4. The van der Waals surface area contributed by atoms with Crippen molar-refractivity contribution in [2.24, 2.45) is 4.99 Å². The molecule has 0 aromatic carbocycles. The third kappa shape index (κ3) is 5.83. The van der Waals surface area contributed by atoms with Crippen molar-refractivity contribution in [3.8, 4) is 0 Å². The molecule has 1 rings (SSSR count). The first-order chi connectivity index (χ1) is 11.5. The van der Waals surface area contributed by atoms with E-state index in [4.69, 9.17) is 4.74 Å². The molecule has 0 fully saturated rings. The van der Waals surface area contributed by atoms with Gasteiger partial charge in [-0.1, -0.05) is 37.5 Å². The quantitative estimate of drug-likeness (QED) is 0.639. The third-order valence-corrected chi connectivity index (χ3v) is 3.45. The van der Waals surface area contributed by atoms with Gasteiger partial charge < -0.3 is 14.8 Å². The van der Waals surface area contributed by atoms with E-state index in [1.165, 1.54) is 0 Å². The molecule has 128 valence electrons. The van der Waals surface area contributed by atoms with Gasteiger partial charge in [0.1, 0.15) is 6.29 Å². The standard InChI is InChI=1S/C19H24N2O3/c1-5-10-18-20-15(4)17(6-2)14(3)19(23)21-16(13-22)11-8-7-9-12-24-18/h5-8,10,13,16H,1-2,9,11-12H2,3-4H3,(H,21,23)/b8-7+,17-14-,18-10+,20-15+. The summed E-state index contributed by atoms with van der Waals surface area (Å²) in [6, 6.07) is -0.563. The average Bonchev–Trinajstić information content (AvgIpc) is 2.56. The molecule has 0 spiro atoms. The Balaban J connectivity index is 3.29. The number of ether oxygens (including phenoxy) is 1. The lowest BCUT2D eigenvalue weighted by atomic mass is 10.0. The van der Waals surface area contributed by atoms with Crippen LogP contribution in [0.25, 0.3) is 0 Å². The summed E-state index contributed by atoms with van der Waals surface area (Å²) in [6.07, 6.45) is 10.4. The summed E-state index contributed by atoms with van der Waals surface area (Å²) in [7, 11) is 0. The maximum absolute atomic E-state index is 12.4. The molecule has 1 heterocycles. The number of hydrogen-bond donors (Lipinski definition) is 1. The Morgan fingerprint density at radius 1 is 1.33 bits per heavy atom. The molecule has 0 bridgehead atoms. The van der Waals surface area contributed by atoms with Crippen LogP contribution in [0.2, 0.25) is 0 Å². The molecule has 0 saturated carbocycles. The van der Waals surface area contributed by atoms with Crippen LogP contribution in [-0.2, 0) is 14.3 Å². The summed E-state index contributed by atoms with van der Waals surface area (Å²) < 4.78 is 5.63. The summed E-state index contributed by atoms with van der Waals surface area (Å²) in [6.45, 7) is 11.3. The van der Waals surface area contributed by atoms with Gasteiger partial charge in [-0.05, 0) is 32.8 Å². The van der Waals surface area contributed by atoms with Crippen LogP contribution in [0.4, 0.5) is 0 Å². The fourth-order valence-electron chi connectivity index (χ4n) is 2.16. The minimum Gasteiger partial charge on any atom is -0.477 e. The molecule has 0 aromatic heterocycles. The molecule has 1 N–H and O–H groups in total. The molecule has 1 unspecified atom stereocenters. The first-order valence-electron chi connectivity index (χ1n) is 7.79. The number of aldehydes is 1. The van der Waals surface area contributed by atoms with E-state index in [9.17, 15) is 9.59 Å². The van der Waals surface area contributed by atoms with Gasteiger partial charge in [0.15, 0.2) is 0 Å². The SMILES string of the molecule is C=C\C=C1/N=C(C)/C(C=C)=C(/C)C(=O)NC(C=O)C/C=C/CCO1. The van der Waals surface area contributed by atoms with Gasteiger partial charge in [-0.2, -0.15) is 0 Å². The number of hydrogen-bond acceptors (Lipinski definition) is 4. The molecule has 1 amide bonds. The summed E-state index contributed by atoms with van der Waals surface area (Å²) in [4.78, 5) is 27.9. The minimum atomic E-state index is -0.563.